The molecule has 0 amide bonds. The number of aromatic nitrogens is 1. The first-order chi connectivity index (χ1) is 8.76. The molecule has 1 unspecified atom stereocenters. The molecular formula is C13H19ClN2O2. The normalized spacial score (nSPS) is 16.4. The van der Waals surface area contributed by atoms with Gasteiger partial charge < -0.3 is 14.8 Å². The first kappa shape index (κ1) is 13.4. The number of halogens is 1. The molecule has 100 valence electrons. The van der Waals surface area contributed by atoms with Gasteiger partial charge in [0.15, 0.2) is 11.5 Å². The molecule has 1 heterocycles. The molecule has 5 heteroatoms. The predicted molar refractivity (Wildman–Crippen MR) is 71.4 cm³/mol. The predicted octanol–water partition coefficient (Wildman–Crippen LogP) is 2.21. The van der Waals surface area contributed by atoms with Crippen molar-refractivity contribution in [2.24, 2.45) is 5.92 Å². The quantitative estimate of drug-likeness (QED) is 0.772. The third-order valence-electron chi connectivity index (χ3n) is 3.13. The zero-order valence-corrected chi connectivity index (χ0v) is 11.5. The number of pyridine rings is 1. The van der Waals surface area contributed by atoms with Gasteiger partial charge in [-0.3, -0.25) is 4.98 Å². The van der Waals surface area contributed by atoms with Crippen molar-refractivity contribution >= 4 is 11.6 Å². The number of rotatable bonds is 7. The zero-order valence-electron chi connectivity index (χ0n) is 10.8. The van der Waals surface area contributed by atoms with Crippen LogP contribution in [0.25, 0.3) is 0 Å². The first-order valence-corrected chi connectivity index (χ1v) is 6.60. The van der Waals surface area contributed by atoms with Crippen LogP contribution in [0.3, 0.4) is 0 Å². The van der Waals surface area contributed by atoms with Crippen molar-refractivity contribution in [2.75, 3.05) is 20.8 Å². The Labute approximate surface area is 113 Å². The van der Waals surface area contributed by atoms with Crippen LogP contribution in [-0.2, 0) is 6.54 Å². The fourth-order valence-electron chi connectivity index (χ4n) is 1.93. The van der Waals surface area contributed by atoms with Crippen molar-refractivity contribution in [3.8, 4) is 11.5 Å². The minimum Gasteiger partial charge on any atom is -0.493 e. The van der Waals surface area contributed by atoms with Crippen molar-refractivity contribution in [2.45, 2.75) is 24.8 Å². The summed E-state index contributed by atoms with van der Waals surface area (Å²) < 4.78 is 10.6. The number of hydrogen-bond donors (Lipinski definition) is 1. The number of alkyl halides is 1. The summed E-state index contributed by atoms with van der Waals surface area (Å²) in [6.45, 7) is 1.44. The Morgan fingerprint density at radius 2 is 2.22 bits per heavy atom. The lowest BCUT2D eigenvalue weighted by Crippen LogP contribution is -2.24. The summed E-state index contributed by atoms with van der Waals surface area (Å²) in [7, 11) is 3.24. The van der Waals surface area contributed by atoms with Gasteiger partial charge >= 0.3 is 0 Å². The van der Waals surface area contributed by atoms with Crippen LogP contribution in [0.2, 0.25) is 0 Å². The van der Waals surface area contributed by atoms with Crippen molar-refractivity contribution < 1.29 is 9.47 Å². The molecule has 1 aliphatic rings. The molecule has 0 aromatic carbocycles. The Kier molecular flexibility index (Phi) is 4.66. The minimum absolute atomic E-state index is 0.224. The van der Waals surface area contributed by atoms with Gasteiger partial charge in [-0.05, 0) is 18.8 Å². The van der Waals surface area contributed by atoms with E-state index >= 15 is 0 Å². The second-order valence-corrected chi connectivity index (χ2v) is 5.04. The van der Waals surface area contributed by atoms with Crippen LogP contribution in [0.15, 0.2) is 12.3 Å². The van der Waals surface area contributed by atoms with Crippen molar-refractivity contribution in [3.05, 3.63) is 18.0 Å². The van der Waals surface area contributed by atoms with Crippen LogP contribution in [0.1, 0.15) is 18.5 Å². The molecular weight excluding hydrogens is 252 g/mol. The monoisotopic (exact) mass is 270 g/mol. The number of ether oxygens (including phenoxy) is 2. The Morgan fingerprint density at radius 3 is 2.83 bits per heavy atom. The topological polar surface area (TPSA) is 43.4 Å². The van der Waals surface area contributed by atoms with E-state index in [0.717, 1.165) is 12.2 Å². The van der Waals surface area contributed by atoms with Gasteiger partial charge in [0, 0.05) is 30.7 Å². The third-order valence-corrected chi connectivity index (χ3v) is 3.64. The molecule has 1 aromatic rings. The van der Waals surface area contributed by atoms with Gasteiger partial charge in [-0.2, -0.15) is 0 Å². The van der Waals surface area contributed by atoms with Crippen LogP contribution in [0.5, 0.6) is 11.5 Å². The molecule has 1 atom stereocenters. The van der Waals surface area contributed by atoms with Gasteiger partial charge in [0.05, 0.1) is 19.9 Å². The summed E-state index contributed by atoms with van der Waals surface area (Å²) in [5, 5.41) is 3.54. The Bertz CT molecular complexity index is 397. The highest BCUT2D eigenvalue weighted by atomic mass is 35.5. The average molecular weight is 271 g/mol. The fraction of sp³-hybridized carbons (Fsp3) is 0.615. The SMILES string of the molecule is COc1ccnc(CNCC(Cl)C2CC2)c1OC. The molecule has 1 aliphatic carbocycles. The lowest BCUT2D eigenvalue weighted by molar-refractivity contribution is 0.348. The summed E-state index contributed by atoms with van der Waals surface area (Å²) in [5.74, 6) is 2.08. The van der Waals surface area contributed by atoms with Crippen molar-refractivity contribution in [1.29, 1.82) is 0 Å². The fourth-order valence-corrected chi connectivity index (χ4v) is 2.29. The molecule has 1 fully saturated rings. The lowest BCUT2D eigenvalue weighted by atomic mass is 10.2. The number of nitrogens with one attached hydrogen (secondary N) is 1. The van der Waals surface area contributed by atoms with Gasteiger partial charge in [0.25, 0.3) is 0 Å². The highest BCUT2D eigenvalue weighted by Crippen LogP contribution is 2.35. The number of hydrogen-bond acceptors (Lipinski definition) is 4. The molecule has 1 saturated carbocycles. The molecule has 0 aliphatic heterocycles. The summed E-state index contributed by atoms with van der Waals surface area (Å²) in [6, 6.07) is 1.79. The van der Waals surface area contributed by atoms with Gasteiger partial charge in [0.2, 0.25) is 0 Å². The van der Waals surface area contributed by atoms with E-state index in [-0.39, 0.29) is 5.38 Å². The highest BCUT2D eigenvalue weighted by molar-refractivity contribution is 6.21. The maximum Gasteiger partial charge on any atom is 0.183 e. The van der Waals surface area contributed by atoms with Gasteiger partial charge in [-0.25, -0.2) is 0 Å². The highest BCUT2D eigenvalue weighted by Gasteiger charge is 2.29. The number of nitrogens with zero attached hydrogens (tertiary/aromatic N) is 1. The molecule has 0 bridgehead atoms. The molecule has 4 nitrogen and oxygen atoms in total. The maximum atomic E-state index is 6.24. The standard InChI is InChI=1S/C13H19ClN2O2/c1-17-12-5-6-16-11(13(12)18-2)8-15-7-10(14)9-3-4-9/h5-6,9-10,15H,3-4,7-8H2,1-2H3. The van der Waals surface area contributed by atoms with E-state index < -0.39 is 0 Å². The molecule has 0 saturated heterocycles. The lowest BCUT2D eigenvalue weighted by Gasteiger charge is -2.13. The largest absolute Gasteiger partial charge is 0.493 e. The summed E-state index contributed by atoms with van der Waals surface area (Å²) in [5.41, 5.74) is 0.844. The van der Waals surface area contributed by atoms with Crippen LogP contribution >= 0.6 is 11.6 Å². The zero-order chi connectivity index (χ0) is 13.0. The van der Waals surface area contributed by atoms with E-state index in [1.807, 2.05) is 0 Å². The average Bonchev–Trinajstić information content (AvgIpc) is 3.22. The first-order valence-electron chi connectivity index (χ1n) is 6.17. The third kappa shape index (κ3) is 3.27. The Balaban J connectivity index is 1.91. The molecule has 2 rings (SSSR count). The Morgan fingerprint density at radius 1 is 1.44 bits per heavy atom. The van der Waals surface area contributed by atoms with E-state index in [0.29, 0.717) is 24.0 Å². The molecule has 1 N–H and O–H groups in total. The molecule has 0 spiro atoms. The van der Waals surface area contributed by atoms with Gasteiger partial charge in [-0.15, -0.1) is 11.6 Å². The molecule has 18 heavy (non-hydrogen) atoms. The van der Waals surface area contributed by atoms with Crippen LogP contribution < -0.4 is 14.8 Å². The smallest absolute Gasteiger partial charge is 0.183 e. The molecule has 0 radical (unpaired) electrons. The Hall–Kier alpha value is -1.00. The minimum atomic E-state index is 0.224. The van der Waals surface area contributed by atoms with E-state index in [1.165, 1.54) is 12.8 Å². The van der Waals surface area contributed by atoms with Gasteiger partial charge in [0.1, 0.15) is 0 Å². The van der Waals surface area contributed by atoms with E-state index in [1.54, 1.807) is 26.5 Å². The van der Waals surface area contributed by atoms with Crippen LogP contribution in [-0.4, -0.2) is 31.1 Å². The molecule has 1 aromatic heterocycles. The van der Waals surface area contributed by atoms with Gasteiger partial charge in [-0.1, -0.05) is 0 Å². The van der Waals surface area contributed by atoms with E-state index in [2.05, 4.69) is 10.3 Å². The van der Waals surface area contributed by atoms with E-state index in [9.17, 15) is 0 Å². The summed E-state index contributed by atoms with van der Waals surface area (Å²) in [4.78, 5) is 4.30. The second-order valence-electron chi connectivity index (χ2n) is 4.48. The number of methoxy groups -OCH3 is 2. The summed E-state index contributed by atoms with van der Waals surface area (Å²) in [6.07, 6.45) is 4.24. The maximum absolute atomic E-state index is 6.24. The van der Waals surface area contributed by atoms with Crippen LogP contribution in [0.4, 0.5) is 0 Å². The summed E-state index contributed by atoms with van der Waals surface area (Å²) >= 11 is 6.24. The van der Waals surface area contributed by atoms with Crippen molar-refractivity contribution in [1.82, 2.24) is 10.3 Å². The van der Waals surface area contributed by atoms with Crippen LogP contribution in [0, 0.1) is 5.92 Å². The van der Waals surface area contributed by atoms with E-state index in [4.69, 9.17) is 21.1 Å². The second kappa shape index (κ2) is 6.25. The van der Waals surface area contributed by atoms with Crippen molar-refractivity contribution in [3.63, 3.8) is 0 Å².